The number of amides is 2. The summed E-state index contributed by atoms with van der Waals surface area (Å²) in [6.07, 6.45) is 1.62. The van der Waals surface area contributed by atoms with Crippen LogP contribution in [0.4, 0.5) is 0 Å². The SMILES string of the molecule is O=C(CCNC(=O)c1ccc(-c2ccco2)[nH]c1=O)NCc1ccccc1. The van der Waals surface area contributed by atoms with Crippen molar-refractivity contribution < 1.29 is 14.0 Å². The van der Waals surface area contributed by atoms with Gasteiger partial charge in [0.05, 0.1) is 12.0 Å². The van der Waals surface area contributed by atoms with Crippen molar-refractivity contribution in [2.75, 3.05) is 6.54 Å². The third-order valence-corrected chi connectivity index (χ3v) is 3.91. The molecule has 3 aromatic rings. The average Bonchev–Trinajstić information content (AvgIpc) is 3.22. The second kappa shape index (κ2) is 8.66. The molecule has 0 bridgehead atoms. The van der Waals surface area contributed by atoms with E-state index in [4.69, 9.17) is 4.42 Å². The fourth-order valence-electron chi connectivity index (χ4n) is 2.50. The lowest BCUT2D eigenvalue weighted by Crippen LogP contribution is -2.33. The van der Waals surface area contributed by atoms with Gasteiger partial charge in [0.25, 0.3) is 11.5 Å². The van der Waals surface area contributed by atoms with Crippen molar-refractivity contribution in [2.24, 2.45) is 0 Å². The van der Waals surface area contributed by atoms with E-state index in [-0.39, 0.29) is 24.4 Å². The van der Waals surface area contributed by atoms with Gasteiger partial charge in [0.2, 0.25) is 5.91 Å². The molecule has 0 aliphatic heterocycles. The Morgan fingerprint density at radius 1 is 0.963 bits per heavy atom. The predicted molar refractivity (Wildman–Crippen MR) is 100 cm³/mol. The Kier molecular flexibility index (Phi) is 5.84. The van der Waals surface area contributed by atoms with Gasteiger partial charge < -0.3 is 20.0 Å². The third kappa shape index (κ3) is 4.94. The summed E-state index contributed by atoms with van der Waals surface area (Å²) in [5, 5.41) is 5.36. The van der Waals surface area contributed by atoms with Gasteiger partial charge in [0.1, 0.15) is 11.3 Å². The highest BCUT2D eigenvalue weighted by Crippen LogP contribution is 2.15. The first kappa shape index (κ1) is 18.2. The fraction of sp³-hybridized carbons (Fsp3) is 0.150. The number of carbonyl (C=O) groups is 2. The Morgan fingerprint density at radius 2 is 1.78 bits per heavy atom. The van der Waals surface area contributed by atoms with Gasteiger partial charge in [-0.15, -0.1) is 0 Å². The largest absolute Gasteiger partial charge is 0.463 e. The van der Waals surface area contributed by atoms with Crippen LogP contribution in [0.2, 0.25) is 0 Å². The minimum atomic E-state index is -0.530. The Balaban J connectivity index is 1.48. The molecule has 7 heteroatoms. The maximum Gasteiger partial charge on any atom is 0.261 e. The number of furan rings is 1. The Hall–Kier alpha value is -3.61. The van der Waals surface area contributed by atoms with Crippen molar-refractivity contribution in [1.29, 1.82) is 0 Å². The number of carbonyl (C=O) groups excluding carboxylic acids is 2. The molecule has 0 atom stereocenters. The summed E-state index contributed by atoms with van der Waals surface area (Å²) >= 11 is 0. The van der Waals surface area contributed by atoms with E-state index in [1.165, 1.54) is 12.3 Å². The highest BCUT2D eigenvalue weighted by Gasteiger charge is 2.12. The maximum absolute atomic E-state index is 12.1. The van der Waals surface area contributed by atoms with E-state index in [1.807, 2.05) is 30.3 Å². The van der Waals surface area contributed by atoms with Crippen molar-refractivity contribution in [3.63, 3.8) is 0 Å². The molecule has 0 saturated carbocycles. The Bertz CT molecular complexity index is 962. The van der Waals surface area contributed by atoms with E-state index in [1.54, 1.807) is 18.2 Å². The summed E-state index contributed by atoms with van der Waals surface area (Å²) in [7, 11) is 0. The van der Waals surface area contributed by atoms with Gasteiger partial charge in [-0.3, -0.25) is 14.4 Å². The molecule has 0 unspecified atom stereocenters. The molecule has 2 heterocycles. The molecule has 0 saturated heterocycles. The summed E-state index contributed by atoms with van der Waals surface area (Å²) in [6, 6.07) is 16.0. The van der Waals surface area contributed by atoms with Crippen LogP contribution in [-0.2, 0) is 11.3 Å². The summed E-state index contributed by atoms with van der Waals surface area (Å²) < 4.78 is 5.21. The van der Waals surface area contributed by atoms with E-state index in [9.17, 15) is 14.4 Å². The highest BCUT2D eigenvalue weighted by molar-refractivity contribution is 5.94. The van der Waals surface area contributed by atoms with Crippen LogP contribution in [0.15, 0.2) is 70.1 Å². The molecule has 27 heavy (non-hydrogen) atoms. The zero-order valence-electron chi connectivity index (χ0n) is 14.5. The molecular formula is C20H19N3O4. The topological polar surface area (TPSA) is 104 Å². The van der Waals surface area contributed by atoms with Crippen molar-refractivity contribution in [3.05, 3.63) is 82.3 Å². The quantitative estimate of drug-likeness (QED) is 0.596. The second-order valence-corrected chi connectivity index (χ2v) is 5.86. The smallest absolute Gasteiger partial charge is 0.261 e. The number of nitrogens with one attached hydrogen (secondary N) is 3. The number of aromatic amines is 1. The van der Waals surface area contributed by atoms with Crippen LogP contribution in [0.5, 0.6) is 0 Å². The summed E-state index contributed by atoms with van der Waals surface area (Å²) in [5.74, 6) is -0.200. The van der Waals surface area contributed by atoms with Crippen molar-refractivity contribution >= 4 is 11.8 Å². The number of pyridine rings is 1. The van der Waals surface area contributed by atoms with Crippen molar-refractivity contribution in [2.45, 2.75) is 13.0 Å². The molecule has 3 N–H and O–H groups in total. The number of H-pyrrole nitrogens is 1. The highest BCUT2D eigenvalue weighted by atomic mass is 16.3. The first-order valence-corrected chi connectivity index (χ1v) is 8.49. The minimum absolute atomic E-state index is 0.0185. The molecule has 0 aliphatic rings. The molecule has 138 valence electrons. The standard InChI is InChI=1S/C20H19N3O4/c24-18(22-13-14-5-2-1-3-6-14)10-11-21-19(25)15-8-9-16(23-20(15)26)17-7-4-12-27-17/h1-9,12H,10-11,13H2,(H,21,25)(H,22,24)(H,23,26). The second-order valence-electron chi connectivity index (χ2n) is 5.86. The van der Waals surface area contributed by atoms with Crippen LogP contribution in [0.1, 0.15) is 22.3 Å². The van der Waals surface area contributed by atoms with Crippen LogP contribution in [-0.4, -0.2) is 23.3 Å². The van der Waals surface area contributed by atoms with Crippen molar-refractivity contribution in [3.8, 4) is 11.5 Å². The normalized spacial score (nSPS) is 10.4. The minimum Gasteiger partial charge on any atom is -0.463 e. The number of aromatic nitrogens is 1. The molecule has 7 nitrogen and oxygen atoms in total. The fourth-order valence-corrected chi connectivity index (χ4v) is 2.50. The summed E-state index contributed by atoms with van der Waals surface area (Å²) in [5.41, 5.74) is 0.949. The number of hydrogen-bond acceptors (Lipinski definition) is 4. The first-order valence-electron chi connectivity index (χ1n) is 8.49. The van der Waals surface area contributed by atoms with Crippen LogP contribution in [0, 0.1) is 0 Å². The predicted octanol–water partition coefficient (Wildman–Crippen LogP) is 2.07. The Morgan fingerprint density at radius 3 is 2.48 bits per heavy atom. The zero-order chi connectivity index (χ0) is 19.1. The molecule has 1 aromatic carbocycles. The van der Waals surface area contributed by atoms with Gasteiger partial charge in [-0.05, 0) is 29.8 Å². The van der Waals surface area contributed by atoms with Crippen LogP contribution >= 0.6 is 0 Å². The number of benzene rings is 1. The van der Waals surface area contributed by atoms with E-state index in [0.29, 0.717) is 18.0 Å². The molecular weight excluding hydrogens is 346 g/mol. The number of rotatable bonds is 7. The van der Waals surface area contributed by atoms with Gasteiger partial charge in [-0.25, -0.2) is 0 Å². The maximum atomic E-state index is 12.1. The molecule has 2 aromatic heterocycles. The van der Waals surface area contributed by atoms with Gasteiger partial charge in [0, 0.05) is 19.5 Å². The average molecular weight is 365 g/mol. The molecule has 0 fully saturated rings. The Labute approximate surface area is 155 Å². The third-order valence-electron chi connectivity index (χ3n) is 3.91. The lowest BCUT2D eigenvalue weighted by Gasteiger charge is -2.07. The van der Waals surface area contributed by atoms with Crippen LogP contribution in [0.3, 0.4) is 0 Å². The lowest BCUT2D eigenvalue weighted by atomic mass is 10.2. The summed E-state index contributed by atoms with van der Waals surface area (Å²) in [4.78, 5) is 38.7. The molecule has 0 spiro atoms. The molecule has 2 amide bonds. The first-order chi connectivity index (χ1) is 13.1. The summed E-state index contributed by atoms with van der Waals surface area (Å²) in [6.45, 7) is 0.570. The van der Waals surface area contributed by atoms with Crippen molar-refractivity contribution in [1.82, 2.24) is 15.6 Å². The monoisotopic (exact) mass is 365 g/mol. The van der Waals surface area contributed by atoms with E-state index >= 15 is 0 Å². The van der Waals surface area contributed by atoms with E-state index in [2.05, 4.69) is 15.6 Å². The van der Waals surface area contributed by atoms with Gasteiger partial charge in [0.15, 0.2) is 0 Å². The van der Waals surface area contributed by atoms with Gasteiger partial charge in [-0.2, -0.15) is 0 Å². The van der Waals surface area contributed by atoms with E-state index < -0.39 is 11.5 Å². The van der Waals surface area contributed by atoms with E-state index in [0.717, 1.165) is 5.56 Å². The van der Waals surface area contributed by atoms with Gasteiger partial charge in [-0.1, -0.05) is 30.3 Å². The zero-order valence-corrected chi connectivity index (χ0v) is 14.5. The molecule has 0 aliphatic carbocycles. The van der Waals surface area contributed by atoms with Crippen LogP contribution < -0.4 is 16.2 Å². The van der Waals surface area contributed by atoms with Gasteiger partial charge >= 0.3 is 0 Å². The molecule has 0 radical (unpaired) electrons. The number of hydrogen-bond donors (Lipinski definition) is 3. The van der Waals surface area contributed by atoms with Crippen LogP contribution in [0.25, 0.3) is 11.5 Å². The lowest BCUT2D eigenvalue weighted by molar-refractivity contribution is -0.121. The molecule has 3 rings (SSSR count).